The lowest BCUT2D eigenvalue weighted by molar-refractivity contribution is -0.166. The molecule has 14 heavy (non-hydrogen) atoms. The molecule has 3 fully saturated rings. The van der Waals surface area contributed by atoms with Crippen molar-refractivity contribution in [2.75, 3.05) is 26.2 Å². The molecule has 2 atom stereocenters. The van der Waals surface area contributed by atoms with Gasteiger partial charge in [0.1, 0.15) is 0 Å². The molecule has 2 nitrogen and oxygen atoms in total. The number of halogens is 3. The molecule has 0 radical (unpaired) electrons. The third kappa shape index (κ3) is 1.88. The van der Waals surface area contributed by atoms with Crippen LogP contribution in [0.5, 0.6) is 0 Å². The fourth-order valence-corrected chi connectivity index (χ4v) is 2.67. The first-order chi connectivity index (χ1) is 6.49. The summed E-state index contributed by atoms with van der Waals surface area (Å²) in [5, 5.41) is 0. The van der Waals surface area contributed by atoms with E-state index in [4.69, 9.17) is 0 Å². The highest BCUT2D eigenvalue weighted by Gasteiger charge is 2.45. The van der Waals surface area contributed by atoms with Crippen LogP contribution in [0.1, 0.15) is 13.3 Å². The number of alkyl halides is 3. The minimum atomic E-state index is -4.04. The van der Waals surface area contributed by atoms with Crippen LogP contribution >= 0.6 is 0 Å². The van der Waals surface area contributed by atoms with Crippen LogP contribution in [0.2, 0.25) is 0 Å². The molecule has 5 heteroatoms. The maximum absolute atomic E-state index is 12.1. The monoisotopic (exact) mass is 208 g/mol. The zero-order valence-electron chi connectivity index (χ0n) is 8.22. The fourth-order valence-electron chi connectivity index (χ4n) is 2.67. The number of fused-ring (bicyclic) bond motifs is 2. The van der Waals surface area contributed by atoms with Crippen LogP contribution in [0.3, 0.4) is 0 Å². The van der Waals surface area contributed by atoms with Gasteiger partial charge in [-0.1, -0.05) is 6.92 Å². The number of likely N-dealkylation sites (N-methyl/N-ethyl adjacent to an activating group) is 1. The third-order valence-electron chi connectivity index (χ3n) is 3.19. The highest BCUT2D eigenvalue weighted by Crippen LogP contribution is 2.32. The highest BCUT2D eigenvalue weighted by molar-refractivity contribution is 5.00. The SMILES string of the molecule is CCN1C2CC1CN(CC(F)(F)F)C2. The molecule has 0 aromatic heterocycles. The Hall–Kier alpha value is -0.290. The van der Waals surface area contributed by atoms with Crippen LogP contribution < -0.4 is 0 Å². The van der Waals surface area contributed by atoms with E-state index in [2.05, 4.69) is 11.8 Å². The van der Waals surface area contributed by atoms with Crippen LogP contribution in [0, 0.1) is 0 Å². The first-order valence-corrected chi connectivity index (χ1v) is 5.04. The molecule has 0 saturated carbocycles. The summed E-state index contributed by atoms with van der Waals surface area (Å²) in [7, 11) is 0. The van der Waals surface area contributed by atoms with Gasteiger partial charge in [-0.3, -0.25) is 9.80 Å². The number of piperidine rings is 1. The van der Waals surface area contributed by atoms with Gasteiger partial charge in [0.15, 0.2) is 0 Å². The fraction of sp³-hybridized carbons (Fsp3) is 1.00. The highest BCUT2D eigenvalue weighted by atomic mass is 19.4. The molecular weight excluding hydrogens is 193 g/mol. The van der Waals surface area contributed by atoms with Crippen molar-refractivity contribution in [3.05, 3.63) is 0 Å². The van der Waals surface area contributed by atoms with Crippen LogP contribution in [0.25, 0.3) is 0 Å². The molecule has 2 bridgehead atoms. The van der Waals surface area contributed by atoms with E-state index >= 15 is 0 Å². The Morgan fingerprint density at radius 3 is 2.21 bits per heavy atom. The molecule has 3 rings (SSSR count). The first kappa shape index (κ1) is 10.2. The number of hydrogen-bond acceptors (Lipinski definition) is 2. The zero-order chi connectivity index (χ0) is 10.3. The second kappa shape index (κ2) is 3.38. The van der Waals surface area contributed by atoms with Crippen molar-refractivity contribution in [2.24, 2.45) is 0 Å². The van der Waals surface area contributed by atoms with Gasteiger partial charge in [-0.15, -0.1) is 0 Å². The van der Waals surface area contributed by atoms with Crippen LogP contribution in [0.15, 0.2) is 0 Å². The van der Waals surface area contributed by atoms with E-state index in [0.717, 1.165) is 13.0 Å². The Morgan fingerprint density at radius 1 is 1.21 bits per heavy atom. The molecule has 0 spiro atoms. The Balaban J connectivity index is 1.85. The van der Waals surface area contributed by atoms with Crippen LogP contribution in [-0.4, -0.2) is 54.2 Å². The number of rotatable bonds is 2. The smallest absolute Gasteiger partial charge is 0.295 e. The summed E-state index contributed by atoms with van der Waals surface area (Å²) in [5.74, 6) is 0. The molecule has 0 aliphatic carbocycles. The van der Waals surface area contributed by atoms with E-state index < -0.39 is 12.7 Å². The maximum atomic E-state index is 12.1. The molecule has 2 unspecified atom stereocenters. The van der Waals surface area contributed by atoms with Crippen molar-refractivity contribution in [1.82, 2.24) is 9.80 Å². The van der Waals surface area contributed by atoms with Gasteiger partial charge < -0.3 is 0 Å². The quantitative estimate of drug-likeness (QED) is 0.675. The normalized spacial score (nSPS) is 34.3. The Bertz CT molecular complexity index is 205. The van der Waals surface area contributed by atoms with Gasteiger partial charge in [-0.25, -0.2) is 0 Å². The van der Waals surface area contributed by atoms with Crippen molar-refractivity contribution in [1.29, 1.82) is 0 Å². The van der Waals surface area contributed by atoms with Gasteiger partial charge in [0.2, 0.25) is 0 Å². The lowest BCUT2D eigenvalue weighted by Crippen LogP contribution is -2.69. The minimum absolute atomic E-state index is 0.376. The standard InChI is InChI=1S/C9H15F3N2/c1-2-14-7-3-8(14)5-13(4-7)6-9(10,11)12/h7-8H,2-6H2,1H3. The molecule has 0 aromatic carbocycles. The van der Waals surface area contributed by atoms with Gasteiger partial charge in [0, 0.05) is 25.2 Å². The van der Waals surface area contributed by atoms with E-state index in [9.17, 15) is 13.2 Å². The summed E-state index contributed by atoms with van der Waals surface area (Å²) in [6.07, 6.45) is -2.96. The molecule has 0 N–H and O–H groups in total. The summed E-state index contributed by atoms with van der Waals surface area (Å²) in [6.45, 7) is 3.47. The zero-order valence-corrected chi connectivity index (χ0v) is 8.22. The molecular formula is C9H15F3N2. The molecule has 82 valence electrons. The van der Waals surface area contributed by atoms with Gasteiger partial charge in [-0.05, 0) is 13.0 Å². The predicted octanol–water partition coefficient (Wildman–Crippen LogP) is 1.33. The minimum Gasteiger partial charge on any atom is -0.295 e. The van der Waals surface area contributed by atoms with Gasteiger partial charge in [0.05, 0.1) is 6.54 Å². The molecule has 3 saturated heterocycles. The molecule has 0 amide bonds. The largest absolute Gasteiger partial charge is 0.401 e. The van der Waals surface area contributed by atoms with Gasteiger partial charge in [-0.2, -0.15) is 13.2 Å². The van der Waals surface area contributed by atoms with Crippen LogP contribution in [0.4, 0.5) is 13.2 Å². The van der Waals surface area contributed by atoms with Crippen molar-refractivity contribution < 1.29 is 13.2 Å². The van der Waals surface area contributed by atoms with Crippen molar-refractivity contribution >= 4 is 0 Å². The summed E-state index contributed by atoms with van der Waals surface area (Å²) >= 11 is 0. The Kier molecular flexibility index (Phi) is 2.47. The molecule has 0 aromatic rings. The third-order valence-corrected chi connectivity index (χ3v) is 3.19. The summed E-state index contributed by atoms with van der Waals surface area (Å²) in [6, 6.07) is 0.752. The second-order valence-electron chi connectivity index (χ2n) is 4.18. The maximum Gasteiger partial charge on any atom is 0.401 e. The average Bonchev–Trinajstić information content (AvgIpc) is 2.01. The lowest BCUT2D eigenvalue weighted by Gasteiger charge is -2.56. The van der Waals surface area contributed by atoms with E-state index in [-0.39, 0.29) is 0 Å². The van der Waals surface area contributed by atoms with Crippen molar-refractivity contribution in [2.45, 2.75) is 31.6 Å². The van der Waals surface area contributed by atoms with E-state index in [0.29, 0.717) is 25.2 Å². The van der Waals surface area contributed by atoms with E-state index in [1.54, 1.807) is 0 Å². The second-order valence-corrected chi connectivity index (χ2v) is 4.18. The topological polar surface area (TPSA) is 6.48 Å². The van der Waals surface area contributed by atoms with Gasteiger partial charge in [0.25, 0.3) is 0 Å². The van der Waals surface area contributed by atoms with E-state index in [1.807, 2.05) is 0 Å². The number of piperazine rings is 1. The Labute approximate surface area is 81.7 Å². The summed E-state index contributed by atoms with van der Waals surface area (Å²) in [5.41, 5.74) is 0. The summed E-state index contributed by atoms with van der Waals surface area (Å²) in [4.78, 5) is 3.83. The van der Waals surface area contributed by atoms with Crippen molar-refractivity contribution in [3.63, 3.8) is 0 Å². The number of nitrogens with zero attached hydrogens (tertiary/aromatic N) is 2. The first-order valence-electron chi connectivity index (χ1n) is 5.04. The average molecular weight is 208 g/mol. The molecule has 3 heterocycles. The van der Waals surface area contributed by atoms with Crippen LogP contribution in [-0.2, 0) is 0 Å². The van der Waals surface area contributed by atoms with Gasteiger partial charge >= 0.3 is 6.18 Å². The lowest BCUT2D eigenvalue weighted by atomic mass is 9.87. The number of hydrogen-bond donors (Lipinski definition) is 0. The molecule has 3 aliphatic rings. The van der Waals surface area contributed by atoms with Crippen molar-refractivity contribution in [3.8, 4) is 0 Å². The Morgan fingerprint density at radius 2 is 1.79 bits per heavy atom. The predicted molar refractivity (Wildman–Crippen MR) is 47.1 cm³/mol. The molecule has 3 aliphatic heterocycles. The van der Waals surface area contributed by atoms with E-state index in [1.165, 1.54) is 4.90 Å². The summed E-state index contributed by atoms with van der Waals surface area (Å²) < 4.78 is 36.3.